The Bertz CT molecular complexity index is 955. The van der Waals surface area contributed by atoms with Crippen molar-refractivity contribution in [3.63, 3.8) is 0 Å². The molecule has 5 unspecified atom stereocenters. The molecule has 0 spiro atoms. The predicted octanol–water partition coefficient (Wildman–Crippen LogP) is 6.38. The first kappa shape index (κ1) is 28.8. The lowest BCUT2D eigenvalue weighted by Gasteiger charge is -2.56. The van der Waals surface area contributed by atoms with Crippen molar-refractivity contribution in [1.82, 2.24) is 0 Å². The quantitative estimate of drug-likeness (QED) is 0.163. The van der Waals surface area contributed by atoms with Gasteiger partial charge in [-0.1, -0.05) is 51.0 Å². The van der Waals surface area contributed by atoms with Gasteiger partial charge in [-0.05, 0) is 87.0 Å². The highest BCUT2D eigenvalue weighted by atomic mass is 32.2. The molecule has 7 atom stereocenters. The molecule has 3 fully saturated rings. The van der Waals surface area contributed by atoms with Crippen molar-refractivity contribution in [2.45, 2.75) is 116 Å². The van der Waals surface area contributed by atoms with Crippen LogP contribution in [0.25, 0.3) is 0 Å². The van der Waals surface area contributed by atoms with Crippen LogP contribution in [-0.4, -0.2) is 39.1 Å². The Balaban J connectivity index is 1.32. The molecule has 4 rings (SSSR count). The summed E-state index contributed by atoms with van der Waals surface area (Å²) < 4.78 is 32.7. The molecule has 210 valence electrons. The molecule has 0 aromatic carbocycles. The van der Waals surface area contributed by atoms with Crippen LogP contribution in [0.3, 0.4) is 0 Å². The minimum absolute atomic E-state index is 0.0595. The molecule has 4 aliphatic carbocycles. The molecule has 0 radical (unpaired) electrons. The van der Waals surface area contributed by atoms with Crippen LogP contribution in [0.5, 0.6) is 0 Å². The third-order valence-electron chi connectivity index (χ3n) is 10.2. The lowest BCUT2D eigenvalue weighted by Crippen LogP contribution is -2.51. The molecule has 4 aliphatic rings. The van der Waals surface area contributed by atoms with Gasteiger partial charge in [-0.25, -0.2) is 0 Å². The lowest BCUT2D eigenvalue weighted by atomic mass is 9.49. The summed E-state index contributed by atoms with van der Waals surface area (Å²) in [7, 11) is -3.32. The van der Waals surface area contributed by atoms with E-state index in [0.717, 1.165) is 51.2 Å². The molecule has 0 aromatic heterocycles. The normalized spacial score (nSPS) is 35.3. The molecule has 0 aromatic rings. The van der Waals surface area contributed by atoms with Gasteiger partial charge in [0.15, 0.2) is 5.78 Å². The fourth-order valence-corrected chi connectivity index (χ4v) is 9.04. The molecule has 0 N–H and O–H groups in total. The van der Waals surface area contributed by atoms with Gasteiger partial charge in [0.25, 0.3) is 10.1 Å². The number of rotatable bonds is 12. The summed E-state index contributed by atoms with van der Waals surface area (Å²) in [6.45, 7) is 4.23. The van der Waals surface area contributed by atoms with Gasteiger partial charge >= 0.3 is 5.97 Å². The highest BCUT2D eigenvalue weighted by Gasteiger charge is 2.59. The van der Waals surface area contributed by atoms with Gasteiger partial charge in [0.1, 0.15) is 6.10 Å². The fourth-order valence-electron chi connectivity index (χ4n) is 8.62. The van der Waals surface area contributed by atoms with Crippen molar-refractivity contribution >= 4 is 21.9 Å². The molecule has 0 heterocycles. The van der Waals surface area contributed by atoms with Crippen molar-refractivity contribution < 1.29 is 26.9 Å². The molecule has 0 saturated heterocycles. The average Bonchev–Trinajstić information content (AvgIpc) is 3.14. The number of ketones is 1. The fraction of sp³-hybridized carbons (Fsp3) is 0.867. The summed E-state index contributed by atoms with van der Waals surface area (Å²) in [5, 5.41) is 0. The van der Waals surface area contributed by atoms with E-state index in [4.69, 9.17) is 8.92 Å². The van der Waals surface area contributed by atoms with Crippen molar-refractivity contribution in [2.24, 2.45) is 35.0 Å². The minimum atomic E-state index is -3.32. The second kappa shape index (κ2) is 12.3. The van der Waals surface area contributed by atoms with E-state index >= 15 is 0 Å². The highest BCUT2D eigenvalue weighted by Crippen LogP contribution is 2.64. The monoisotopic (exact) mass is 536 g/mol. The summed E-state index contributed by atoms with van der Waals surface area (Å²) >= 11 is 0. The van der Waals surface area contributed by atoms with Crippen molar-refractivity contribution in [1.29, 1.82) is 0 Å². The van der Waals surface area contributed by atoms with Crippen LogP contribution >= 0.6 is 0 Å². The standard InChI is InChI=1S/C30H48O6S/c1-21(31)36-28-15-14-27-29-22(11-9-7-5-4-6-8-10-18-35-37(3,33)34)19-23-20-24(32)12-13-25(23)26(29)16-17-30(27,28)2/h20,22,25-29H,4-19H2,1-3H3/t22?,25?,26?,27?,28-,29?,30-/m0/s1. The molecular weight excluding hydrogens is 488 g/mol. The number of carbonyl (C=O) groups excluding carboxylic acids is 2. The summed E-state index contributed by atoms with van der Waals surface area (Å²) in [5.74, 6) is 3.38. The number of carbonyl (C=O) groups is 2. The van der Waals surface area contributed by atoms with Crippen LogP contribution in [-0.2, 0) is 28.6 Å². The van der Waals surface area contributed by atoms with Crippen molar-refractivity contribution in [3.8, 4) is 0 Å². The van der Waals surface area contributed by atoms with E-state index in [9.17, 15) is 18.0 Å². The van der Waals surface area contributed by atoms with E-state index < -0.39 is 10.1 Å². The first-order valence-corrected chi connectivity index (χ1v) is 16.6. The highest BCUT2D eigenvalue weighted by molar-refractivity contribution is 7.85. The van der Waals surface area contributed by atoms with Gasteiger partial charge in [-0.3, -0.25) is 13.8 Å². The molecular formula is C30H48O6S. The number of ether oxygens (including phenoxy) is 1. The van der Waals surface area contributed by atoms with Crippen LogP contribution in [0.1, 0.15) is 110 Å². The summed E-state index contributed by atoms with van der Waals surface area (Å²) in [6, 6.07) is 0. The SMILES string of the molecule is CC(=O)O[C@H]1CCC2C3C(CCCCCCCCCOS(C)(=O)=O)CC4=CC(=O)CCC4C3CC[C@@]21C. The zero-order valence-corrected chi connectivity index (χ0v) is 24.0. The smallest absolute Gasteiger partial charge is 0.302 e. The van der Waals surface area contributed by atoms with E-state index in [1.807, 2.05) is 6.08 Å². The average molecular weight is 537 g/mol. The minimum Gasteiger partial charge on any atom is -0.462 e. The van der Waals surface area contributed by atoms with Gasteiger partial charge in [0.05, 0.1) is 12.9 Å². The van der Waals surface area contributed by atoms with Crippen LogP contribution in [0, 0.1) is 35.0 Å². The number of fused-ring (bicyclic) bond motifs is 5. The molecule has 3 saturated carbocycles. The second-order valence-corrected chi connectivity index (χ2v) is 14.3. The Morgan fingerprint density at radius 2 is 1.73 bits per heavy atom. The molecule has 0 bridgehead atoms. The molecule has 37 heavy (non-hydrogen) atoms. The summed E-state index contributed by atoms with van der Waals surface area (Å²) in [5.41, 5.74) is 1.54. The number of unbranched alkanes of at least 4 members (excludes halogenated alkanes) is 6. The number of hydrogen-bond donors (Lipinski definition) is 0. The van der Waals surface area contributed by atoms with Crippen LogP contribution in [0.2, 0.25) is 0 Å². The van der Waals surface area contributed by atoms with E-state index in [2.05, 4.69) is 6.92 Å². The van der Waals surface area contributed by atoms with Crippen LogP contribution in [0.4, 0.5) is 0 Å². The zero-order chi connectivity index (χ0) is 26.6. The topological polar surface area (TPSA) is 86.7 Å². The van der Waals surface area contributed by atoms with Gasteiger partial charge in [0, 0.05) is 18.8 Å². The van der Waals surface area contributed by atoms with E-state index in [1.165, 1.54) is 50.5 Å². The van der Waals surface area contributed by atoms with Gasteiger partial charge in [0.2, 0.25) is 0 Å². The maximum Gasteiger partial charge on any atom is 0.302 e. The van der Waals surface area contributed by atoms with E-state index in [-0.39, 0.29) is 17.5 Å². The first-order chi connectivity index (χ1) is 17.6. The number of esters is 1. The third-order valence-corrected chi connectivity index (χ3v) is 10.8. The van der Waals surface area contributed by atoms with Gasteiger partial charge in [-0.2, -0.15) is 8.42 Å². The Morgan fingerprint density at radius 3 is 2.43 bits per heavy atom. The maximum absolute atomic E-state index is 12.3. The van der Waals surface area contributed by atoms with Gasteiger partial charge in [-0.15, -0.1) is 0 Å². The van der Waals surface area contributed by atoms with Crippen molar-refractivity contribution in [2.75, 3.05) is 12.9 Å². The van der Waals surface area contributed by atoms with E-state index in [0.29, 0.717) is 48.4 Å². The third kappa shape index (κ3) is 7.06. The summed E-state index contributed by atoms with van der Waals surface area (Å²) in [4.78, 5) is 24.1. The van der Waals surface area contributed by atoms with Gasteiger partial charge < -0.3 is 4.74 Å². The number of hydrogen-bond acceptors (Lipinski definition) is 6. The molecule has 0 aliphatic heterocycles. The molecule has 6 nitrogen and oxygen atoms in total. The Kier molecular flexibility index (Phi) is 9.58. The lowest BCUT2D eigenvalue weighted by molar-refractivity contribution is -0.157. The largest absolute Gasteiger partial charge is 0.462 e. The second-order valence-electron chi connectivity index (χ2n) is 12.7. The van der Waals surface area contributed by atoms with Crippen LogP contribution in [0.15, 0.2) is 11.6 Å². The number of allylic oxidation sites excluding steroid dienone is 1. The van der Waals surface area contributed by atoms with Crippen molar-refractivity contribution in [3.05, 3.63) is 11.6 Å². The molecule has 0 amide bonds. The Labute approximate surface area is 224 Å². The Hall–Kier alpha value is -1.21. The van der Waals surface area contributed by atoms with Crippen LogP contribution < -0.4 is 0 Å². The van der Waals surface area contributed by atoms with E-state index in [1.54, 1.807) is 6.92 Å². The molecule has 7 heteroatoms. The Morgan fingerprint density at radius 1 is 1.03 bits per heavy atom. The summed E-state index contributed by atoms with van der Waals surface area (Å²) in [6.07, 6.45) is 19.5. The maximum atomic E-state index is 12.3. The first-order valence-electron chi connectivity index (χ1n) is 14.8. The predicted molar refractivity (Wildman–Crippen MR) is 144 cm³/mol. The zero-order valence-electron chi connectivity index (χ0n) is 23.2.